The van der Waals surface area contributed by atoms with Crippen LogP contribution in [0.25, 0.3) is 11.4 Å². The predicted octanol–water partition coefficient (Wildman–Crippen LogP) is 2.90. The molecular weight excluding hydrogens is 270 g/mol. The van der Waals surface area contributed by atoms with E-state index < -0.39 is 0 Å². The second-order valence-corrected chi connectivity index (χ2v) is 5.80. The molecule has 0 saturated carbocycles. The van der Waals surface area contributed by atoms with Gasteiger partial charge < -0.3 is 5.01 Å². The summed E-state index contributed by atoms with van der Waals surface area (Å²) in [6.45, 7) is 4.50. The first-order valence-corrected chi connectivity index (χ1v) is 7.45. The van der Waals surface area contributed by atoms with E-state index in [0.717, 1.165) is 11.4 Å². The minimum Gasteiger partial charge on any atom is -0.303 e. The van der Waals surface area contributed by atoms with Crippen LogP contribution in [-0.2, 0) is 0 Å². The van der Waals surface area contributed by atoms with E-state index in [-0.39, 0.29) is 0 Å². The highest BCUT2D eigenvalue weighted by Crippen LogP contribution is 2.25. The summed E-state index contributed by atoms with van der Waals surface area (Å²) in [5.41, 5.74) is 1.03. The average Bonchev–Trinajstić information content (AvgIpc) is 2.82. The van der Waals surface area contributed by atoms with Gasteiger partial charge in [0.15, 0.2) is 5.82 Å². The Balaban J connectivity index is 2.10. The maximum absolute atomic E-state index is 5.45. The van der Waals surface area contributed by atoms with Crippen molar-refractivity contribution in [3.8, 4) is 11.4 Å². The molecule has 2 atom stereocenters. The number of H-pyrrole nitrogens is 1. The molecule has 3 rings (SSSR count). The Morgan fingerprint density at radius 2 is 1.85 bits per heavy atom. The molecule has 0 spiro atoms. The molecule has 1 aliphatic heterocycles. The zero-order valence-corrected chi connectivity index (χ0v) is 12.6. The third-order valence-electron chi connectivity index (χ3n) is 3.97. The van der Waals surface area contributed by atoms with Gasteiger partial charge >= 0.3 is 0 Å². The molecule has 106 valence electrons. The van der Waals surface area contributed by atoms with Gasteiger partial charge in [0.2, 0.25) is 4.77 Å². The zero-order valence-electron chi connectivity index (χ0n) is 11.8. The molecule has 2 aromatic heterocycles. The molecule has 5 nitrogen and oxygen atoms in total. The molecular formula is C14H19N5S. The van der Waals surface area contributed by atoms with Crippen LogP contribution in [0.1, 0.15) is 33.1 Å². The lowest BCUT2D eigenvalue weighted by molar-refractivity contribution is 0.336. The van der Waals surface area contributed by atoms with Gasteiger partial charge in [-0.2, -0.15) is 5.10 Å². The molecule has 0 bridgehead atoms. The van der Waals surface area contributed by atoms with Crippen molar-refractivity contribution in [1.82, 2.24) is 19.9 Å². The number of piperidine rings is 1. The lowest BCUT2D eigenvalue weighted by Crippen LogP contribution is -2.51. The van der Waals surface area contributed by atoms with Crippen molar-refractivity contribution in [2.75, 3.05) is 5.01 Å². The number of pyridine rings is 1. The number of nitrogens with zero attached hydrogens (tertiary/aromatic N) is 4. The van der Waals surface area contributed by atoms with E-state index in [1.165, 1.54) is 19.3 Å². The average molecular weight is 289 g/mol. The smallest absolute Gasteiger partial charge is 0.214 e. The molecule has 1 aliphatic rings. The van der Waals surface area contributed by atoms with E-state index in [2.05, 4.69) is 38.7 Å². The van der Waals surface area contributed by atoms with E-state index in [4.69, 9.17) is 12.2 Å². The van der Waals surface area contributed by atoms with Crippen LogP contribution in [-0.4, -0.2) is 31.9 Å². The number of aromatic amines is 1. The molecule has 2 unspecified atom stereocenters. The van der Waals surface area contributed by atoms with Gasteiger partial charge in [-0.15, -0.1) is 0 Å². The highest BCUT2D eigenvalue weighted by molar-refractivity contribution is 7.71. The third-order valence-corrected chi connectivity index (χ3v) is 4.23. The van der Waals surface area contributed by atoms with Gasteiger partial charge in [0, 0.05) is 30.0 Å². The summed E-state index contributed by atoms with van der Waals surface area (Å²) in [5, 5.41) is 9.69. The summed E-state index contributed by atoms with van der Waals surface area (Å²) in [7, 11) is 0. The van der Waals surface area contributed by atoms with Crippen LogP contribution in [0.3, 0.4) is 0 Å². The Hall–Kier alpha value is -1.69. The summed E-state index contributed by atoms with van der Waals surface area (Å²) in [6.07, 6.45) is 7.20. The Kier molecular flexibility index (Phi) is 3.56. The summed E-state index contributed by atoms with van der Waals surface area (Å²) >= 11 is 5.45. The summed E-state index contributed by atoms with van der Waals surface area (Å²) in [5.74, 6) is 0.859. The van der Waals surface area contributed by atoms with Crippen LogP contribution in [0, 0.1) is 4.77 Å². The molecule has 0 aromatic carbocycles. The zero-order chi connectivity index (χ0) is 14.1. The van der Waals surface area contributed by atoms with E-state index >= 15 is 0 Å². The molecule has 1 saturated heterocycles. The standard InChI is InChI=1S/C14H19N5S/c1-10-4-3-5-11(2)18(10)19-13(16-17-14(19)20)12-6-8-15-9-7-12/h6-11H,3-5H2,1-2H3,(H,17,20). The van der Waals surface area contributed by atoms with Crippen LogP contribution in [0.5, 0.6) is 0 Å². The van der Waals surface area contributed by atoms with Crippen molar-refractivity contribution < 1.29 is 0 Å². The molecule has 2 aromatic rings. The number of nitrogens with one attached hydrogen (secondary N) is 1. The van der Waals surface area contributed by atoms with E-state index in [0.29, 0.717) is 16.9 Å². The molecule has 6 heteroatoms. The minimum absolute atomic E-state index is 0.462. The van der Waals surface area contributed by atoms with Gasteiger partial charge in [-0.25, -0.2) is 9.77 Å². The van der Waals surface area contributed by atoms with Crippen LogP contribution in [0.4, 0.5) is 0 Å². The van der Waals surface area contributed by atoms with Crippen molar-refractivity contribution in [3.63, 3.8) is 0 Å². The Labute approximate surface area is 123 Å². The Morgan fingerprint density at radius 3 is 2.50 bits per heavy atom. The minimum atomic E-state index is 0.462. The Bertz CT molecular complexity index is 623. The summed E-state index contributed by atoms with van der Waals surface area (Å²) in [6, 6.07) is 4.84. The number of rotatable bonds is 2. The lowest BCUT2D eigenvalue weighted by atomic mass is 10.00. The fraction of sp³-hybridized carbons (Fsp3) is 0.500. The molecule has 20 heavy (non-hydrogen) atoms. The second kappa shape index (κ2) is 5.36. The van der Waals surface area contributed by atoms with Gasteiger partial charge in [0.25, 0.3) is 0 Å². The van der Waals surface area contributed by atoms with Gasteiger partial charge in [-0.3, -0.25) is 4.98 Å². The largest absolute Gasteiger partial charge is 0.303 e. The van der Waals surface area contributed by atoms with Crippen molar-refractivity contribution in [1.29, 1.82) is 0 Å². The number of hydrogen-bond donors (Lipinski definition) is 1. The number of aromatic nitrogens is 4. The van der Waals surface area contributed by atoms with Gasteiger partial charge in [0.1, 0.15) is 0 Å². The summed E-state index contributed by atoms with van der Waals surface area (Å²) in [4.78, 5) is 4.06. The van der Waals surface area contributed by atoms with Gasteiger partial charge in [-0.05, 0) is 57.5 Å². The highest BCUT2D eigenvalue weighted by Gasteiger charge is 2.28. The number of hydrogen-bond acceptors (Lipinski definition) is 4. The van der Waals surface area contributed by atoms with E-state index in [1.54, 1.807) is 12.4 Å². The quantitative estimate of drug-likeness (QED) is 0.864. The van der Waals surface area contributed by atoms with E-state index in [1.807, 2.05) is 12.1 Å². The first-order chi connectivity index (χ1) is 9.68. The molecule has 1 fully saturated rings. The van der Waals surface area contributed by atoms with Crippen LogP contribution >= 0.6 is 12.2 Å². The second-order valence-electron chi connectivity index (χ2n) is 5.41. The third kappa shape index (κ3) is 2.24. The molecule has 0 amide bonds. The topological polar surface area (TPSA) is 49.7 Å². The van der Waals surface area contributed by atoms with E-state index in [9.17, 15) is 0 Å². The normalized spacial score (nSPS) is 23.0. The predicted molar refractivity (Wildman–Crippen MR) is 81.6 cm³/mol. The van der Waals surface area contributed by atoms with Crippen molar-refractivity contribution >= 4 is 12.2 Å². The van der Waals surface area contributed by atoms with Crippen molar-refractivity contribution in [2.24, 2.45) is 0 Å². The lowest BCUT2D eigenvalue weighted by Gasteiger charge is -2.41. The molecule has 3 heterocycles. The van der Waals surface area contributed by atoms with Crippen molar-refractivity contribution in [2.45, 2.75) is 45.2 Å². The molecule has 0 aliphatic carbocycles. The fourth-order valence-electron chi connectivity index (χ4n) is 3.00. The summed E-state index contributed by atoms with van der Waals surface area (Å²) < 4.78 is 2.71. The maximum Gasteiger partial charge on any atom is 0.214 e. The van der Waals surface area contributed by atoms with Gasteiger partial charge in [-0.1, -0.05) is 0 Å². The van der Waals surface area contributed by atoms with Crippen LogP contribution < -0.4 is 5.01 Å². The fourth-order valence-corrected chi connectivity index (χ4v) is 3.22. The van der Waals surface area contributed by atoms with Crippen LogP contribution in [0.2, 0.25) is 0 Å². The Morgan fingerprint density at radius 1 is 1.20 bits per heavy atom. The highest BCUT2D eigenvalue weighted by atomic mass is 32.1. The maximum atomic E-state index is 5.45. The van der Waals surface area contributed by atoms with Crippen LogP contribution in [0.15, 0.2) is 24.5 Å². The molecule has 0 radical (unpaired) electrons. The van der Waals surface area contributed by atoms with Crippen molar-refractivity contribution in [3.05, 3.63) is 29.3 Å². The first kappa shape index (κ1) is 13.3. The monoisotopic (exact) mass is 289 g/mol. The first-order valence-electron chi connectivity index (χ1n) is 7.05. The SMILES string of the molecule is CC1CCCC(C)N1n1c(-c2ccncc2)n[nH]c1=S. The van der Waals surface area contributed by atoms with Gasteiger partial charge in [0.05, 0.1) is 0 Å². The molecule has 1 N–H and O–H groups in total.